The molecule has 22 heavy (non-hydrogen) atoms. The van der Waals surface area contributed by atoms with Crippen molar-refractivity contribution < 1.29 is 17.9 Å². The molecule has 1 atom stereocenters. The molecule has 0 fully saturated rings. The second-order valence-electron chi connectivity index (χ2n) is 4.93. The van der Waals surface area contributed by atoms with Gasteiger partial charge in [0.05, 0.1) is 0 Å². The predicted molar refractivity (Wildman–Crippen MR) is 79.6 cm³/mol. The van der Waals surface area contributed by atoms with Crippen molar-refractivity contribution in [1.29, 1.82) is 0 Å². The number of halogens is 3. The van der Waals surface area contributed by atoms with Crippen LogP contribution in [0.3, 0.4) is 0 Å². The summed E-state index contributed by atoms with van der Waals surface area (Å²) >= 11 is 0. The van der Waals surface area contributed by atoms with Crippen molar-refractivity contribution in [3.63, 3.8) is 0 Å². The van der Waals surface area contributed by atoms with E-state index >= 15 is 0 Å². The number of ether oxygens (including phenoxy) is 1. The van der Waals surface area contributed by atoms with Gasteiger partial charge < -0.3 is 10.1 Å². The van der Waals surface area contributed by atoms with E-state index in [1.807, 2.05) is 6.92 Å². The first-order valence-corrected chi connectivity index (χ1v) is 7.08. The van der Waals surface area contributed by atoms with Gasteiger partial charge in [0.25, 0.3) is 0 Å². The van der Waals surface area contributed by atoms with Gasteiger partial charge in [0, 0.05) is 11.6 Å². The highest BCUT2D eigenvalue weighted by atomic mass is 19.3. The highest BCUT2D eigenvalue weighted by molar-refractivity contribution is 5.35. The molecule has 0 radical (unpaired) electrons. The van der Waals surface area contributed by atoms with Crippen LogP contribution in [0, 0.1) is 5.82 Å². The van der Waals surface area contributed by atoms with Gasteiger partial charge in [0.15, 0.2) is 0 Å². The third-order valence-corrected chi connectivity index (χ3v) is 3.40. The molecule has 1 N–H and O–H groups in total. The fourth-order valence-corrected chi connectivity index (χ4v) is 2.28. The van der Waals surface area contributed by atoms with Gasteiger partial charge in [-0.3, -0.25) is 0 Å². The van der Waals surface area contributed by atoms with Crippen LogP contribution in [0.4, 0.5) is 13.2 Å². The standard InChI is InChI=1S/C17H18F3NO/c1-12(14-7-3-5-9-16(14)22-17(19)20)21-11-10-13-6-2-4-8-15(13)18/h2-9,12,17,21H,10-11H2,1H3. The molecule has 1 unspecified atom stereocenters. The molecule has 0 saturated carbocycles. The van der Waals surface area contributed by atoms with Gasteiger partial charge in [-0.15, -0.1) is 0 Å². The third-order valence-electron chi connectivity index (χ3n) is 3.40. The largest absolute Gasteiger partial charge is 0.434 e. The Bertz CT molecular complexity index is 604. The molecule has 0 aliphatic rings. The molecule has 2 nitrogen and oxygen atoms in total. The molecule has 0 aliphatic heterocycles. The van der Waals surface area contributed by atoms with Crippen molar-refractivity contribution >= 4 is 0 Å². The normalized spacial score (nSPS) is 12.4. The Morgan fingerprint density at radius 3 is 2.45 bits per heavy atom. The first kappa shape index (κ1) is 16.4. The first-order valence-electron chi connectivity index (χ1n) is 7.08. The van der Waals surface area contributed by atoms with Crippen LogP contribution in [0.2, 0.25) is 0 Å². The number of benzene rings is 2. The van der Waals surface area contributed by atoms with E-state index in [0.717, 1.165) is 0 Å². The minimum Gasteiger partial charge on any atom is -0.434 e. The molecule has 0 bridgehead atoms. The molecule has 0 amide bonds. The van der Waals surface area contributed by atoms with Crippen molar-refractivity contribution in [3.8, 4) is 5.75 Å². The minimum absolute atomic E-state index is 0.156. The Morgan fingerprint density at radius 2 is 1.73 bits per heavy atom. The van der Waals surface area contributed by atoms with Crippen molar-refractivity contribution in [2.45, 2.75) is 26.0 Å². The highest BCUT2D eigenvalue weighted by Crippen LogP contribution is 2.26. The molecule has 2 aromatic carbocycles. The van der Waals surface area contributed by atoms with Gasteiger partial charge in [-0.2, -0.15) is 8.78 Å². The summed E-state index contributed by atoms with van der Waals surface area (Å²) in [7, 11) is 0. The van der Waals surface area contributed by atoms with E-state index < -0.39 is 6.61 Å². The zero-order valence-electron chi connectivity index (χ0n) is 12.2. The molecular formula is C17H18F3NO. The maximum Gasteiger partial charge on any atom is 0.387 e. The van der Waals surface area contributed by atoms with E-state index in [1.54, 1.807) is 36.4 Å². The van der Waals surface area contributed by atoms with Crippen LogP contribution in [0.1, 0.15) is 24.1 Å². The van der Waals surface area contributed by atoms with Crippen molar-refractivity contribution in [3.05, 3.63) is 65.5 Å². The second-order valence-corrected chi connectivity index (χ2v) is 4.93. The fourth-order valence-electron chi connectivity index (χ4n) is 2.28. The maximum absolute atomic E-state index is 13.5. The Morgan fingerprint density at radius 1 is 1.05 bits per heavy atom. The number of hydrogen-bond donors (Lipinski definition) is 1. The van der Waals surface area contributed by atoms with Gasteiger partial charge in [-0.25, -0.2) is 4.39 Å². The minimum atomic E-state index is -2.85. The number of nitrogens with one attached hydrogen (secondary N) is 1. The zero-order chi connectivity index (χ0) is 15.9. The summed E-state index contributed by atoms with van der Waals surface area (Å²) in [5.41, 5.74) is 1.27. The van der Waals surface area contributed by atoms with E-state index in [0.29, 0.717) is 24.1 Å². The summed E-state index contributed by atoms with van der Waals surface area (Å²) in [6.45, 7) is -0.466. The first-order chi connectivity index (χ1) is 10.6. The maximum atomic E-state index is 13.5. The zero-order valence-corrected chi connectivity index (χ0v) is 12.2. The predicted octanol–water partition coefficient (Wildman–Crippen LogP) is 4.32. The van der Waals surface area contributed by atoms with E-state index in [9.17, 15) is 13.2 Å². The summed E-state index contributed by atoms with van der Waals surface area (Å²) in [5, 5.41) is 3.20. The summed E-state index contributed by atoms with van der Waals surface area (Å²) in [6, 6.07) is 13.1. The van der Waals surface area contributed by atoms with E-state index in [2.05, 4.69) is 10.1 Å². The summed E-state index contributed by atoms with van der Waals surface area (Å²) < 4.78 is 42.8. The molecule has 2 aromatic rings. The van der Waals surface area contributed by atoms with Crippen LogP contribution >= 0.6 is 0 Å². The molecule has 2 rings (SSSR count). The lowest BCUT2D eigenvalue weighted by Gasteiger charge is -2.18. The Balaban J connectivity index is 1.95. The van der Waals surface area contributed by atoms with Crippen molar-refractivity contribution in [2.24, 2.45) is 0 Å². The molecule has 0 saturated heterocycles. The molecule has 5 heteroatoms. The summed E-state index contributed by atoms with van der Waals surface area (Å²) in [5.74, 6) is -0.0817. The van der Waals surface area contributed by atoms with E-state index in [4.69, 9.17) is 0 Å². The molecule has 0 heterocycles. The Kier molecular flexibility index (Phi) is 5.83. The summed E-state index contributed by atoms with van der Waals surface area (Å²) in [4.78, 5) is 0. The van der Waals surface area contributed by atoms with Gasteiger partial charge >= 0.3 is 6.61 Å². The average molecular weight is 309 g/mol. The Labute approximate surface area is 127 Å². The highest BCUT2D eigenvalue weighted by Gasteiger charge is 2.14. The number of rotatable bonds is 7. The number of para-hydroxylation sites is 1. The van der Waals surface area contributed by atoms with Crippen LogP contribution in [-0.4, -0.2) is 13.2 Å². The van der Waals surface area contributed by atoms with E-state index in [-0.39, 0.29) is 17.6 Å². The number of hydrogen-bond acceptors (Lipinski definition) is 2. The molecule has 0 aromatic heterocycles. The summed E-state index contributed by atoms with van der Waals surface area (Å²) in [6.07, 6.45) is 0.523. The molecule has 118 valence electrons. The molecule has 0 aliphatic carbocycles. The van der Waals surface area contributed by atoms with Gasteiger partial charge in [-0.05, 0) is 37.6 Å². The van der Waals surface area contributed by atoms with Gasteiger partial charge in [0.2, 0.25) is 0 Å². The topological polar surface area (TPSA) is 21.3 Å². The number of alkyl halides is 2. The van der Waals surface area contributed by atoms with Crippen LogP contribution < -0.4 is 10.1 Å². The Hall–Kier alpha value is -2.01. The second kappa shape index (κ2) is 7.84. The van der Waals surface area contributed by atoms with Crippen LogP contribution in [0.25, 0.3) is 0 Å². The molecule has 0 spiro atoms. The quantitative estimate of drug-likeness (QED) is 0.822. The lowest BCUT2D eigenvalue weighted by molar-refractivity contribution is -0.0506. The van der Waals surface area contributed by atoms with E-state index in [1.165, 1.54) is 12.1 Å². The fraction of sp³-hybridized carbons (Fsp3) is 0.294. The van der Waals surface area contributed by atoms with Crippen molar-refractivity contribution in [2.75, 3.05) is 6.54 Å². The average Bonchev–Trinajstić information content (AvgIpc) is 2.49. The monoisotopic (exact) mass is 309 g/mol. The van der Waals surface area contributed by atoms with Crippen LogP contribution in [-0.2, 0) is 6.42 Å². The lowest BCUT2D eigenvalue weighted by atomic mass is 10.1. The van der Waals surface area contributed by atoms with Gasteiger partial charge in [0.1, 0.15) is 11.6 Å². The van der Waals surface area contributed by atoms with Crippen molar-refractivity contribution in [1.82, 2.24) is 5.32 Å². The van der Waals surface area contributed by atoms with Crippen LogP contribution in [0.15, 0.2) is 48.5 Å². The molecular weight excluding hydrogens is 291 g/mol. The smallest absolute Gasteiger partial charge is 0.387 e. The lowest BCUT2D eigenvalue weighted by Crippen LogP contribution is -2.22. The third kappa shape index (κ3) is 4.49. The van der Waals surface area contributed by atoms with Crippen LogP contribution in [0.5, 0.6) is 5.75 Å². The SMILES string of the molecule is CC(NCCc1ccccc1F)c1ccccc1OC(F)F. The van der Waals surface area contributed by atoms with Gasteiger partial charge in [-0.1, -0.05) is 36.4 Å².